The number of carbonyl (C=O) groups excluding carboxylic acids is 1. The van der Waals surface area contributed by atoms with Crippen LogP contribution in [0.15, 0.2) is 0 Å². The van der Waals surface area contributed by atoms with Gasteiger partial charge in [0, 0.05) is 6.42 Å². The van der Waals surface area contributed by atoms with E-state index < -0.39 is 31.1 Å². The van der Waals surface area contributed by atoms with Crippen LogP contribution in [0.1, 0.15) is 12.8 Å². The molecule has 0 spiro atoms. The first-order chi connectivity index (χ1) is 5.69. The third-order valence-electron chi connectivity index (χ3n) is 1.36. The average molecular weight is 208 g/mol. The quantitative estimate of drug-likeness (QED) is 0.514. The predicted molar refractivity (Wildman–Crippen MR) is 30.9 cm³/mol. The Kier molecular flexibility index (Phi) is 3.74. The maximum absolute atomic E-state index is 11.7. The lowest BCUT2D eigenvalue weighted by molar-refractivity contribution is -0.285. The number of alkyl halides is 6. The Hall–Kier alpha value is -0.750. The molecule has 0 amide bonds. The van der Waals surface area contributed by atoms with Crippen molar-refractivity contribution in [2.45, 2.75) is 25.2 Å². The van der Waals surface area contributed by atoms with Crippen molar-refractivity contribution in [2.75, 3.05) is 0 Å². The van der Waals surface area contributed by atoms with Gasteiger partial charge in [-0.25, -0.2) is 0 Å². The topological polar surface area (TPSA) is 17.1 Å². The highest BCUT2D eigenvalue weighted by Gasteiger charge is 2.55. The lowest BCUT2D eigenvalue weighted by atomic mass is 10.0. The first-order valence-electron chi connectivity index (χ1n) is 3.26. The predicted octanol–water partition coefficient (Wildman–Crippen LogP) is 2.71. The van der Waals surface area contributed by atoms with Crippen molar-refractivity contribution in [1.29, 1.82) is 0 Å². The van der Waals surface area contributed by atoms with E-state index in [4.69, 9.17) is 0 Å². The van der Waals surface area contributed by atoms with Crippen molar-refractivity contribution < 1.29 is 31.1 Å². The summed E-state index contributed by atoms with van der Waals surface area (Å²) in [4.78, 5) is 9.63. The fraction of sp³-hybridized carbons (Fsp3) is 0.833. The molecule has 78 valence electrons. The highest BCUT2D eigenvalue weighted by Crippen LogP contribution is 2.41. The summed E-state index contributed by atoms with van der Waals surface area (Å²) in [7, 11) is 0. The molecular formula is C6H6F6O. The highest BCUT2D eigenvalue weighted by molar-refractivity contribution is 5.49. The molecule has 0 aromatic carbocycles. The Bertz CT molecular complexity index is 155. The van der Waals surface area contributed by atoms with Crippen molar-refractivity contribution in [1.82, 2.24) is 0 Å². The molecule has 0 atom stereocenters. The van der Waals surface area contributed by atoms with Crippen LogP contribution in [0.5, 0.6) is 0 Å². The maximum atomic E-state index is 11.7. The number of hydrogen-bond donors (Lipinski definition) is 0. The third kappa shape index (κ3) is 4.14. The smallest absolute Gasteiger partial charge is 0.303 e. The van der Waals surface area contributed by atoms with Crippen LogP contribution in [0.3, 0.4) is 0 Å². The van der Waals surface area contributed by atoms with E-state index in [-0.39, 0.29) is 6.29 Å². The van der Waals surface area contributed by atoms with Gasteiger partial charge in [0.25, 0.3) is 0 Å². The molecule has 7 heteroatoms. The van der Waals surface area contributed by atoms with Gasteiger partial charge < -0.3 is 4.79 Å². The minimum atomic E-state index is -5.33. The molecule has 0 fully saturated rings. The lowest BCUT2D eigenvalue weighted by Crippen LogP contribution is -2.36. The van der Waals surface area contributed by atoms with E-state index in [9.17, 15) is 31.1 Å². The van der Waals surface area contributed by atoms with E-state index in [0.29, 0.717) is 0 Å². The largest absolute Gasteiger partial charge is 0.400 e. The van der Waals surface area contributed by atoms with Crippen LogP contribution in [-0.2, 0) is 4.79 Å². The molecule has 0 saturated carbocycles. The second-order valence-corrected chi connectivity index (χ2v) is 2.38. The number of carbonyl (C=O) groups is 1. The zero-order valence-corrected chi connectivity index (χ0v) is 6.24. The Morgan fingerprint density at radius 2 is 1.38 bits per heavy atom. The first-order valence-corrected chi connectivity index (χ1v) is 3.26. The van der Waals surface area contributed by atoms with Gasteiger partial charge in [0.15, 0.2) is 5.92 Å². The molecule has 0 heterocycles. The fourth-order valence-electron chi connectivity index (χ4n) is 0.748. The summed E-state index contributed by atoms with van der Waals surface area (Å²) in [6.07, 6.45) is -12.6. The van der Waals surface area contributed by atoms with E-state index in [0.717, 1.165) is 0 Å². The van der Waals surface area contributed by atoms with E-state index >= 15 is 0 Å². The Balaban J connectivity index is 4.47. The van der Waals surface area contributed by atoms with Crippen LogP contribution in [0.4, 0.5) is 26.3 Å². The molecule has 0 radical (unpaired) electrons. The number of halogens is 6. The van der Waals surface area contributed by atoms with Gasteiger partial charge in [0.2, 0.25) is 0 Å². The summed E-state index contributed by atoms with van der Waals surface area (Å²) in [5.41, 5.74) is 0. The van der Waals surface area contributed by atoms with E-state index in [1.807, 2.05) is 0 Å². The molecule has 0 aliphatic heterocycles. The van der Waals surface area contributed by atoms with Gasteiger partial charge >= 0.3 is 12.4 Å². The van der Waals surface area contributed by atoms with Crippen LogP contribution >= 0.6 is 0 Å². The normalized spacial score (nSPS) is 13.5. The molecule has 0 aliphatic carbocycles. The summed E-state index contributed by atoms with van der Waals surface area (Å²) >= 11 is 0. The van der Waals surface area contributed by atoms with Gasteiger partial charge in [-0.15, -0.1) is 0 Å². The molecule has 0 unspecified atom stereocenters. The van der Waals surface area contributed by atoms with Gasteiger partial charge in [0.05, 0.1) is 0 Å². The zero-order chi connectivity index (χ0) is 10.7. The van der Waals surface area contributed by atoms with Gasteiger partial charge in [-0.2, -0.15) is 26.3 Å². The Labute approximate surface area is 69.7 Å². The van der Waals surface area contributed by atoms with Crippen LogP contribution in [-0.4, -0.2) is 18.6 Å². The lowest BCUT2D eigenvalue weighted by Gasteiger charge is -2.21. The second kappa shape index (κ2) is 3.97. The van der Waals surface area contributed by atoms with Gasteiger partial charge in [-0.3, -0.25) is 0 Å². The van der Waals surface area contributed by atoms with Crippen molar-refractivity contribution in [3.63, 3.8) is 0 Å². The molecule has 13 heavy (non-hydrogen) atoms. The van der Waals surface area contributed by atoms with Crippen LogP contribution in [0.2, 0.25) is 0 Å². The number of aldehydes is 1. The summed E-state index contributed by atoms with van der Waals surface area (Å²) in [6.45, 7) is 0. The van der Waals surface area contributed by atoms with Gasteiger partial charge in [-0.05, 0) is 6.42 Å². The fourth-order valence-corrected chi connectivity index (χ4v) is 0.748. The van der Waals surface area contributed by atoms with Crippen molar-refractivity contribution in [3.05, 3.63) is 0 Å². The molecule has 0 saturated heterocycles. The zero-order valence-electron chi connectivity index (χ0n) is 6.24. The summed E-state index contributed by atoms with van der Waals surface area (Å²) in [5.74, 6) is -3.40. The maximum Gasteiger partial charge on any atom is 0.400 e. The molecule has 0 aliphatic rings. The van der Waals surface area contributed by atoms with Crippen molar-refractivity contribution in [2.24, 2.45) is 5.92 Å². The average Bonchev–Trinajstić information content (AvgIpc) is 1.81. The first kappa shape index (κ1) is 12.2. The molecular weight excluding hydrogens is 202 g/mol. The van der Waals surface area contributed by atoms with Crippen LogP contribution < -0.4 is 0 Å². The molecule has 0 N–H and O–H groups in total. The number of hydrogen-bond acceptors (Lipinski definition) is 1. The molecule has 0 aromatic heterocycles. The molecule has 1 nitrogen and oxygen atoms in total. The number of rotatable bonds is 3. The standard InChI is InChI=1S/C6H6F6O/c7-5(8,9)4(2-1-3-13)6(10,11)12/h3-4H,1-2H2. The van der Waals surface area contributed by atoms with Crippen molar-refractivity contribution >= 4 is 6.29 Å². The monoisotopic (exact) mass is 208 g/mol. The van der Waals surface area contributed by atoms with Gasteiger partial charge in [-0.1, -0.05) is 0 Å². The van der Waals surface area contributed by atoms with Crippen LogP contribution in [0, 0.1) is 5.92 Å². The summed E-state index contributed by atoms with van der Waals surface area (Å²) in [6, 6.07) is 0. The molecule has 0 bridgehead atoms. The van der Waals surface area contributed by atoms with Gasteiger partial charge in [0.1, 0.15) is 6.29 Å². The second-order valence-electron chi connectivity index (χ2n) is 2.38. The summed E-state index contributed by atoms with van der Waals surface area (Å²) in [5, 5.41) is 0. The van der Waals surface area contributed by atoms with E-state index in [1.165, 1.54) is 0 Å². The third-order valence-corrected chi connectivity index (χ3v) is 1.36. The minimum absolute atomic E-state index is 0.0322. The Morgan fingerprint density at radius 3 is 1.62 bits per heavy atom. The molecule has 0 rings (SSSR count). The highest BCUT2D eigenvalue weighted by atomic mass is 19.4. The SMILES string of the molecule is O=CCCC(C(F)(F)F)C(F)(F)F. The minimum Gasteiger partial charge on any atom is -0.303 e. The van der Waals surface area contributed by atoms with E-state index in [2.05, 4.69) is 0 Å². The Morgan fingerprint density at radius 1 is 1.00 bits per heavy atom. The van der Waals surface area contributed by atoms with Crippen molar-refractivity contribution in [3.8, 4) is 0 Å². The molecule has 0 aromatic rings. The van der Waals surface area contributed by atoms with Crippen LogP contribution in [0.25, 0.3) is 0 Å². The van der Waals surface area contributed by atoms with E-state index in [1.54, 1.807) is 0 Å². The summed E-state index contributed by atoms with van der Waals surface area (Å²) < 4.78 is 70.2.